The fourth-order valence-electron chi connectivity index (χ4n) is 3.89. The molecule has 1 heterocycles. The molecule has 1 amide bonds. The Morgan fingerprint density at radius 2 is 1.77 bits per heavy atom. The maximum absolute atomic E-state index is 12.9. The normalized spacial score (nSPS) is 19.1. The van der Waals surface area contributed by atoms with Crippen molar-refractivity contribution in [2.75, 3.05) is 10.2 Å². The van der Waals surface area contributed by atoms with Gasteiger partial charge in [-0.2, -0.15) is 0 Å². The van der Waals surface area contributed by atoms with E-state index in [9.17, 15) is 4.79 Å². The SMILES string of the molecule is CCCCCCC(=O)N1c2ccccc2[C@@H](Nc2ccccc2)C[C@H]1C. The number of unbranched alkanes of at least 4 members (excludes halogenated alkanes) is 3. The Labute approximate surface area is 157 Å². The number of carbonyl (C=O) groups is 1. The Kier molecular flexibility index (Phi) is 6.32. The van der Waals surface area contributed by atoms with E-state index in [2.05, 4.69) is 49.5 Å². The minimum atomic E-state index is 0.199. The molecule has 2 aromatic carbocycles. The van der Waals surface area contributed by atoms with Crippen molar-refractivity contribution in [2.45, 2.75) is 64.5 Å². The fraction of sp³-hybridized carbons (Fsp3) is 0.435. The van der Waals surface area contributed by atoms with Crippen molar-refractivity contribution in [3.05, 3.63) is 60.2 Å². The Bertz CT molecular complexity index is 713. The van der Waals surface area contributed by atoms with Crippen LogP contribution in [-0.4, -0.2) is 11.9 Å². The molecule has 3 rings (SSSR count). The van der Waals surface area contributed by atoms with Crippen molar-refractivity contribution < 1.29 is 4.79 Å². The lowest BCUT2D eigenvalue weighted by molar-refractivity contribution is -0.119. The van der Waals surface area contributed by atoms with Crippen LogP contribution in [0.25, 0.3) is 0 Å². The zero-order valence-electron chi connectivity index (χ0n) is 15.9. The average Bonchev–Trinajstić information content (AvgIpc) is 2.66. The summed E-state index contributed by atoms with van der Waals surface area (Å²) < 4.78 is 0. The van der Waals surface area contributed by atoms with Crippen LogP contribution in [0.1, 0.15) is 64.0 Å². The summed E-state index contributed by atoms with van der Waals surface area (Å²) in [5.74, 6) is 0.263. The molecule has 26 heavy (non-hydrogen) atoms. The summed E-state index contributed by atoms with van der Waals surface area (Å²) >= 11 is 0. The van der Waals surface area contributed by atoms with Crippen molar-refractivity contribution >= 4 is 17.3 Å². The number of anilines is 2. The van der Waals surface area contributed by atoms with Crippen molar-refractivity contribution in [3.8, 4) is 0 Å². The quantitative estimate of drug-likeness (QED) is 0.627. The Morgan fingerprint density at radius 1 is 1.04 bits per heavy atom. The number of nitrogens with zero attached hydrogens (tertiary/aromatic N) is 1. The number of para-hydroxylation sites is 2. The summed E-state index contributed by atoms with van der Waals surface area (Å²) in [6.45, 7) is 4.37. The van der Waals surface area contributed by atoms with Crippen LogP contribution in [0.15, 0.2) is 54.6 Å². The highest BCUT2D eigenvalue weighted by atomic mass is 16.2. The van der Waals surface area contributed by atoms with Gasteiger partial charge in [-0.3, -0.25) is 4.79 Å². The maximum Gasteiger partial charge on any atom is 0.227 e. The first-order chi connectivity index (χ1) is 12.7. The van der Waals surface area contributed by atoms with Gasteiger partial charge in [0.05, 0.1) is 6.04 Å². The molecule has 138 valence electrons. The molecule has 0 aromatic heterocycles. The predicted octanol–water partition coefficient (Wildman–Crippen LogP) is 5.94. The number of rotatable bonds is 7. The van der Waals surface area contributed by atoms with E-state index in [-0.39, 0.29) is 18.0 Å². The molecule has 0 bridgehead atoms. The van der Waals surface area contributed by atoms with Crippen molar-refractivity contribution in [1.82, 2.24) is 0 Å². The van der Waals surface area contributed by atoms with Gasteiger partial charge in [0.15, 0.2) is 0 Å². The van der Waals surface area contributed by atoms with Gasteiger partial charge in [0.2, 0.25) is 5.91 Å². The Hall–Kier alpha value is -2.29. The number of hydrogen-bond acceptors (Lipinski definition) is 2. The lowest BCUT2D eigenvalue weighted by atomic mass is 9.91. The van der Waals surface area contributed by atoms with Gasteiger partial charge in [-0.1, -0.05) is 62.6 Å². The third-order valence-corrected chi connectivity index (χ3v) is 5.22. The second-order valence-corrected chi connectivity index (χ2v) is 7.28. The molecule has 0 unspecified atom stereocenters. The summed E-state index contributed by atoms with van der Waals surface area (Å²) in [7, 11) is 0. The first-order valence-electron chi connectivity index (χ1n) is 9.93. The minimum Gasteiger partial charge on any atom is -0.378 e. The molecule has 1 aliphatic heterocycles. The van der Waals surface area contributed by atoms with Gasteiger partial charge in [0.1, 0.15) is 0 Å². The predicted molar refractivity (Wildman–Crippen MR) is 110 cm³/mol. The molecule has 0 radical (unpaired) electrons. The number of benzene rings is 2. The number of carbonyl (C=O) groups excluding carboxylic acids is 1. The molecule has 3 nitrogen and oxygen atoms in total. The fourth-order valence-corrected chi connectivity index (χ4v) is 3.89. The highest BCUT2D eigenvalue weighted by Gasteiger charge is 2.33. The van der Waals surface area contributed by atoms with Gasteiger partial charge < -0.3 is 10.2 Å². The van der Waals surface area contributed by atoms with Gasteiger partial charge in [0.25, 0.3) is 0 Å². The average molecular weight is 351 g/mol. The molecule has 1 aliphatic rings. The van der Waals surface area contributed by atoms with E-state index in [4.69, 9.17) is 0 Å². The molecular formula is C23H30N2O. The third-order valence-electron chi connectivity index (χ3n) is 5.22. The van der Waals surface area contributed by atoms with Crippen molar-refractivity contribution in [1.29, 1.82) is 0 Å². The first-order valence-corrected chi connectivity index (χ1v) is 9.93. The van der Waals surface area contributed by atoms with E-state index in [1.807, 2.05) is 29.2 Å². The van der Waals surface area contributed by atoms with E-state index in [1.54, 1.807) is 0 Å². The Balaban J connectivity index is 1.78. The summed E-state index contributed by atoms with van der Waals surface area (Å²) in [4.78, 5) is 14.9. The number of amides is 1. The van der Waals surface area contributed by atoms with E-state index in [0.717, 1.165) is 30.6 Å². The zero-order valence-corrected chi connectivity index (χ0v) is 15.9. The molecule has 2 atom stereocenters. The van der Waals surface area contributed by atoms with Crippen LogP contribution in [0.3, 0.4) is 0 Å². The standard InChI is InChI=1S/C23H30N2O/c1-3-4-5-9-16-23(26)25-18(2)17-21(20-14-10-11-15-22(20)25)24-19-12-7-6-8-13-19/h6-8,10-15,18,21,24H,3-5,9,16-17H2,1-2H3/t18-,21+/m1/s1. The zero-order chi connectivity index (χ0) is 18.4. The van der Waals surface area contributed by atoms with Crippen molar-refractivity contribution in [3.63, 3.8) is 0 Å². The first kappa shape index (κ1) is 18.5. The largest absolute Gasteiger partial charge is 0.378 e. The second kappa shape index (κ2) is 8.88. The molecule has 0 aliphatic carbocycles. The molecule has 0 spiro atoms. The smallest absolute Gasteiger partial charge is 0.227 e. The van der Waals surface area contributed by atoms with Crippen LogP contribution in [0, 0.1) is 0 Å². The monoisotopic (exact) mass is 350 g/mol. The van der Waals surface area contributed by atoms with E-state index in [0.29, 0.717) is 6.42 Å². The van der Waals surface area contributed by atoms with Crippen LogP contribution in [0.2, 0.25) is 0 Å². The maximum atomic E-state index is 12.9. The Morgan fingerprint density at radius 3 is 2.54 bits per heavy atom. The summed E-state index contributed by atoms with van der Waals surface area (Å²) in [5.41, 5.74) is 3.41. The summed E-state index contributed by atoms with van der Waals surface area (Å²) in [5, 5.41) is 3.65. The molecule has 1 N–H and O–H groups in total. The highest BCUT2D eigenvalue weighted by Crippen LogP contribution is 2.39. The van der Waals surface area contributed by atoms with Crippen LogP contribution < -0.4 is 10.2 Å². The molecule has 0 saturated carbocycles. The van der Waals surface area contributed by atoms with Gasteiger partial charge in [0, 0.05) is 23.8 Å². The van der Waals surface area contributed by atoms with Crippen molar-refractivity contribution in [2.24, 2.45) is 0 Å². The lowest BCUT2D eigenvalue weighted by Crippen LogP contribution is -2.44. The van der Waals surface area contributed by atoms with Gasteiger partial charge in [-0.05, 0) is 43.5 Å². The number of hydrogen-bond donors (Lipinski definition) is 1. The van der Waals surface area contributed by atoms with E-state index in [1.165, 1.54) is 18.4 Å². The number of nitrogens with one attached hydrogen (secondary N) is 1. The number of fused-ring (bicyclic) bond motifs is 1. The second-order valence-electron chi connectivity index (χ2n) is 7.28. The topological polar surface area (TPSA) is 32.3 Å². The van der Waals surface area contributed by atoms with Crippen LogP contribution in [0.4, 0.5) is 11.4 Å². The van der Waals surface area contributed by atoms with Crippen LogP contribution in [-0.2, 0) is 4.79 Å². The van der Waals surface area contributed by atoms with Crippen LogP contribution >= 0.6 is 0 Å². The summed E-state index contributed by atoms with van der Waals surface area (Å²) in [6, 6.07) is 19.1. The molecule has 2 aromatic rings. The molecule has 0 saturated heterocycles. The van der Waals surface area contributed by atoms with E-state index < -0.39 is 0 Å². The van der Waals surface area contributed by atoms with Gasteiger partial charge in [-0.15, -0.1) is 0 Å². The molecular weight excluding hydrogens is 320 g/mol. The summed E-state index contributed by atoms with van der Waals surface area (Å²) in [6.07, 6.45) is 6.11. The third kappa shape index (κ3) is 4.27. The van der Waals surface area contributed by atoms with Crippen LogP contribution in [0.5, 0.6) is 0 Å². The van der Waals surface area contributed by atoms with E-state index >= 15 is 0 Å². The highest BCUT2D eigenvalue weighted by molar-refractivity contribution is 5.95. The van der Waals surface area contributed by atoms with Gasteiger partial charge >= 0.3 is 0 Å². The minimum absolute atomic E-state index is 0.199. The molecule has 3 heteroatoms. The molecule has 0 fully saturated rings. The van der Waals surface area contributed by atoms with Gasteiger partial charge in [-0.25, -0.2) is 0 Å². The lowest BCUT2D eigenvalue weighted by Gasteiger charge is -2.40.